The Kier molecular flexibility index (Phi) is 9.28. The minimum atomic E-state index is -2.04. The van der Waals surface area contributed by atoms with E-state index in [0.29, 0.717) is 12.2 Å². The van der Waals surface area contributed by atoms with E-state index >= 15 is 0 Å². The standard InChI is InChI=1S/C32H38O7/c1-21(20-31(2,3)4)32(39-22-14-10-9-11-15-22,29(33)27-23(35-5)16-12-17-24(27)36-6)30(34)28-25(37-7)18-13-19-26(28)38-8/h9-19,21H,20H2,1-8H3. The molecule has 0 aliphatic rings. The van der Waals surface area contributed by atoms with Gasteiger partial charge in [0, 0.05) is 5.92 Å². The molecular weight excluding hydrogens is 496 g/mol. The normalized spacial score (nSPS) is 12.3. The van der Waals surface area contributed by atoms with Crippen LogP contribution in [0, 0.1) is 11.3 Å². The summed E-state index contributed by atoms with van der Waals surface area (Å²) >= 11 is 0. The zero-order chi connectivity index (χ0) is 28.8. The quantitative estimate of drug-likeness (QED) is 0.189. The molecule has 0 bridgehead atoms. The fraction of sp³-hybridized carbons (Fsp3) is 0.375. The Bertz CT molecular complexity index is 1180. The Morgan fingerprint density at radius 1 is 0.641 bits per heavy atom. The van der Waals surface area contributed by atoms with Gasteiger partial charge in [0.2, 0.25) is 17.2 Å². The molecular formula is C32H38O7. The molecule has 0 aliphatic carbocycles. The first-order valence-corrected chi connectivity index (χ1v) is 12.8. The first-order valence-electron chi connectivity index (χ1n) is 12.8. The van der Waals surface area contributed by atoms with Gasteiger partial charge >= 0.3 is 0 Å². The average Bonchev–Trinajstić information content (AvgIpc) is 2.93. The van der Waals surface area contributed by atoms with Crippen molar-refractivity contribution in [2.24, 2.45) is 11.3 Å². The second kappa shape index (κ2) is 12.2. The van der Waals surface area contributed by atoms with Crippen LogP contribution in [0.3, 0.4) is 0 Å². The predicted molar refractivity (Wildman–Crippen MR) is 151 cm³/mol. The average molecular weight is 535 g/mol. The fourth-order valence-corrected chi connectivity index (χ4v) is 5.00. The molecule has 0 amide bonds. The maximum absolute atomic E-state index is 15.0. The highest BCUT2D eigenvalue weighted by Crippen LogP contribution is 2.44. The molecule has 0 saturated carbocycles. The number of hydrogen-bond acceptors (Lipinski definition) is 7. The zero-order valence-corrected chi connectivity index (χ0v) is 24.0. The summed E-state index contributed by atoms with van der Waals surface area (Å²) in [4.78, 5) is 30.0. The van der Waals surface area contributed by atoms with Crippen molar-refractivity contribution in [3.05, 3.63) is 77.9 Å². The van der Waals surface area contributed by atoms with Crippen LogP contribution in [0.1, 0.15) is 54.8 Å². The highest BCUT2D eigenvalue weighted by atomic mass is 16.5. The molecule has 0 fully saturated rings. The highest BCUT2D eigenvalue weighted by molar-refractivity contribution is 6.26. The minimum Gasteiger partial charge on any atom is -0.496 e. The molecule has 208 valence electrons. The monoisotopic (exact) mass is 534 g/mol. The van der Waals surface area contributed by atoms with E-state index in [2.05, 4.69) is 20.8 Å². The third kappa shape index (κ3) is 6.03. The third-order valence-corrected chi connectivity index (χ3v) is 6.62. The van der Waals surface area contributed by atoms with Crippen LogP contribution in [-0.2, 0) is 0 Å². The van der Waals surface area contributed by atoms with Gasteiger partial charge in [0.15, 0.2) is 0 Å². The lowest BCUT2D eigenvalue weighted by atomic mass is 9.70. The minimum absolute atomic E-state index is 0.112. The van der Waals surface area contributed by atoms with Crippen molar-refractivity contribution in [1.82, 2.24) is 0 Å². The van der Waals surface area contributed by atoms with Gasteiger partial charge < -0.3 is 23.7 Å². The van der Waals surface area contributed by atoms with Gasteiger partial charge in [-0.25, -0.2) is 0 Å². The van der Waals surface area contributed by atoms with E-state index in [1.54, 1.807) is 60.7 Å². The van der Waals surface area contributed by atoms with Crippen LogP contribution in [0.25, 0.3) is 0 Å². The first kappa shape index (κ1) is 29.6. The summed E-state index contributed by atoms with van der Waals surface area (Å²) in [7, 11) is 5.87. The van der Waals surface area contributed by atoms with Gasteiger partial charge in [0.1, 0.15) is 39.9 Å². The van der Waals surface area contributed by atoms with Crippen molar-refractivity contribution in [3.8, 4) is 28.7 Å². The number of methoxy groups -OCH3 is 4. The Hall–Kier alpha value is -4.00. The van der Waals surface area contributed by atoms with E-state index in [0.717, 1.165) is 0 Å². The molecule has 0 heterocycles. The molecule has 0 radical (unpaired) electrons. The largest absolute Gasteiger partial charge is 0.496 e. The number of carbonyl (C=O) groups excluding carboxylic acids is 2. The number of carbonyl (C=O) groups is 2. The number of para-hydroxylation sites is 1. The molecule has 0 saturated heterocycles. The molecule has 7 heteroatoms. The third-order valence-electron chi connectivity index (χ3n) is 6.62. The van der Waals surface area contributed by atoms with E-state index < -0.39 is 23.1 Å². The molecule has 3 aromatic rings. The number of ether oxygens (including phenoxy) is 5. The second-order valence-corrected chi connectivity index (χ2v) is 10.5. The first-order chi connectivity index (χ1) is 18.5. The van der Waals surface area contributed by atoms with Crippen LogP contribution in [-0.4, -0.2) is 45.6 Å². The molecule has 3 rings (SSSR count). The van der Waals surface area contributed by atoms with Gasteiger partial charge in [-0.05, 0) is 48.2 Å². The van der Waals surface area contributed by atoms with E-state index in [9.17, 15) is 9.59 Å². The van der Waals surface area contributed by atoms with Crippen molar-refractivity contribution in [3.63, 3.8) is 0 Å². The SMILES string of the molecule is COc1cccc(OC)c1C(=O)C(Oc1ccccc1)(C(=O)c1c(OC)cccc1OC)C(C)CC(C)(C)C. The lowest BCUT2D eigenvalue weighted by Crippen LogP contribution is -2.57. The van der Waals surface area contributed by atoms with Crippen LogP contribution in [0.5, 0.6) is 28.7 Å². The van der Waals surface area contributed by atoms with Crippen LogP contribution < -0.4 is 23.7 Å². The number of Topliss-reactive ketones (excluding diaryl/α,β-unsaturated/α-hetero) is 2. The summed E-state index contributed by atoms with van der Waals surface area (Å²) in [6.07, 6.45) is 0.478. The van der Waals surface area contributed by atoms with Gasteiger partial charge in [-0.3, -0.25) is 9.59 Å². The molecule has 1 atom stereocenters. The van der Waals surface area contributed by atoms with Crippen molar-refractivity contribution >= 4 is 11.6 Å². The summed E-state index contributed by atoms with van der Waals surface area (Å²) in [5, 5.41) is 0. The molecule has 7 nitrogen and oxygen atoms in total. The van der Waals surface area contributed by atoms with Crippen molar-refractivity contribution in [2.45, 2.75) is 39.7 Å². The van der Waals surface area contributed by atoms with Crippen LogP contribution >= 0.6 is 0 Å². The van der Waals surface area contributed by atoms with Crippen LogP contribution in [0.4, 0.5) is 0 Å². The van der Waals surface area contributed by atoms with Crippen LogP contribution in [0.15, 0.2) is 66.7 Å². The number of benzene rings is 3. The number of rotatable bonds is 12. The molecule has 39 heavy (non-hydrogen) atoms. The Balaban J connectivity index is 2.46. The molecule has 0 spiro atoms. The Labute approximate surface area is 231 Å². The molecule has 0 aromatic heterocycles. The van der Waals surface area contributed by atoms with E-state index in [1.807, 2.05) is 13.0 Å². The van der Waals surface area contributed by atoms with Gasteiger partial charge in [-0.15, -0.1) is 0 Å². The Morgan fingerprint density at radius 3 is 1.36 bits per heavy atom. The van der Waals surface area contributed by atoms with Crippen molar-refractivity contribution < 1.29 is 33.3 Å². The maximum Gasteiger partial charge on any atom is 0.236 e. The number of ketones is 2. The molecule has 0 aliphatic heterocycles. The fourth-order valence-electron chi connectivity index (χ4n) is 5.00. The summed E-state index contributed by atoms with van der Waals surface area (Å²) in [6, 6.07) is 18.9. The van der Waals surface area contributed by atoms with E-state index in [-0.39, 0.29) is 39.5 Å². The molecule has 3 aromatic carbocycles. The molecule has 0 N–H and O–H groups in total. The van der Waals surface area contributed by atoms with Gasteiger partial charge in [-0.2, -0.15) is 0 Å². The summed E-state index contributed by atoms with van der Waals surface area (Å²) in [5.41, 5.74) is -2.07. The smallest absolute Gasteiger partial charge is 0.236 e. The van der Waals surface area contributed by atoms with Crippen molar-refractivity contribution in [2.75, 3.05) is 28.4 Å². The van der Waals surface area contributed by atoms with E-state index in [4.69, 9.17) is 23.7 Å². The molecule has 1 unspecified atom stereocenters. The van der Waals surface area contributed by atoms with Crippen LogP contribution in [0.2, 0.25) is 0 Å². The van der Waals surface area contributed by atoms with Gasteiger partial charge in [0.25, 0.3) is 0 Å². The summed E-state index contributed by atoms with van der Waals surface area (Å²) < 4.78 is 29.0. The summed E-state index contributed by atoms with van der Waals surface area (Å²) in [6.45, 7) is 8.02. The number of hydrogen-bond donors (Lipinski definition) is 0. The second-order valence-electron chi connectivity index (χ2n) is 10.5. The predicted octanol–water partition coefficient (Wildman–Crippen LogP) is 6.68. The Morgan fingerprint density at radius 2 is 1.03 bits per heavy atom. The van der Waals surface area contributed by atoms with Crippen molar-refractivity contribution in [1.29, 1.82) is 0 Å². The lowest BCUT2D eigenvalue weighted by molar-refractivity contribution is 0.0122. The summed E-state index contributed by atoms with van der Waals surface area (Å²) in [5.74, 6) is -0.354. The lowest BCUT2D eigenvalue weighted by Gasteiger charge is -2.40. The van der Waals surface area contributed by atoms with Gasteiger partial charge in [-0.1, -0.05) is 58.0 Å². The van der Waals surface area contributed by atoms with Gasteiger partial charge in [0.05, 0.1) is 28.4 Å². The maximum atomic E-state index is 15.0. The topological polar surface area (TPSA) is 80.3 Å². The highest BCUT2D eigenvalue weighted by Gasteiger charge is 2.56. The van der Waals surface area contributed by atoms with E-state index in [1.165, 1.54) is 28.4 Å². The zero-order valence-electron chi connectivity index (χ0n) is 24.0.